The number of hydrogen-bond acceptors (Lipinski definition) is 4. The third-order valence-corrected chi connectivity index (χ3v) is 6.58. The van der Waals surface area contributed by atoms with Crippen LogP contribution in [0.25, 0.3) is 0 Å². The summed E-state index contributed by atoms with van der Waals surface area (Å²) in [5, 5.41) is 4.29. The second-order valence-electron chi connectivity index (χ2n) is 8.62. The van der Waals surface area contributed by atoms with Crippen molar-refractivity contribution in [1.29, 1.82) is 0 Å². The van der Waals surface area contributed by atoms with E-state index >= 15 is 0 Å². The fourth-order valence-corrected chi connectivity index (χ4v) is 4.35. The molecule has 0 aliphatic carbocycles. The van der Waals surface area contributed by atoms with E-state index in [9.17, 15) is 30.8 Å². The first-order valence-corrected chi connectivity index (χ1v) is 11.6. The molecule has 0 radical (unpaired) electrons. The van der Waals surface area contributed by atoms with Gasteiger partial charge in [-0.15, -0.1) is 0 Å². The van der Waals surface area contributed by atoms with Crippen LogP contribution in [0.3, 0.4) is 0 Å². The number of alkyl halides is 3. The second kappa shape index (κ2) is 8.74. The number of nitrogens with zero attached hydrogens (tertiary/aromatic N) is 2. The lowest BCUT2D eigenvalue weighted by atomic mass is 9.92. The zero-order chi connectivity index (χ0) is 24.6. The van der Waals surface area contributed by atoms with Crippen LogP contribution in [0.15, 0.2) is 59.5 Å². The minimum atomic E-state index is -4.68. The number of carbonyl (C=O) groups excluding carboxylic acids is 1. The Morgan fingerprint density at radius 3 is 2.21 bits per heavy atom. The molecule has 10 heteroatoms. The van der Waals surface area contributed by atoms with E-state index in [1.54, 1.807) is 26.8 Å². The third kappa shape index (κ3) is 5.68. The largest absolute Gasteiger partial charge is 0.416 e. The van der Waals surface area contributed by atoms with Crippen molar-refractivity contribution in [1.82, 2.24) is 9.78 Å². The molecule has 1 heterocycles. The summed E-state index contributed by atoms with van der Waals surface area (Å²) in [5.41, 5.74) is -1.63. The first-order valence-electron chi connectivity index (χ1n) is 9.93. The monoisotopic (exact) mass is 482 g/mol. The van der Waals surface area contributed by atoms with Crippen LogP contribution in [0.2, 0.25) is 0 Å². The molecule has 3 rings (SSSR count). The standard InChI is InChI=1S/C23H22F4N2O3S/c1-22(2,3)21-12-19(20(30)14-33(31,32)17-7-5-4-6-8-17)29(28-21)13-15-11-16(23(25,26)27)9-10-18(15)24/h4-12H,13-14H2,1-3H3. The maximum atomic E-state index is 14.3. The topological polar surface area (TPSA) is 69.0 Å². The predicted octanol–water partition coefficient (Wildman–Crippen LogP) is 5.04. The zero-order valence-electron chi connectivity index (χ0n) is 18.1. The molecule has 3 aromatic rings. The lowest BCUT2D eigenvalue weighted by Crippen LogP contribution is -2.21. The molecule has 5 nitrogen and oxygen atoms in total. The van der Waals surface area contributed by atoms with E-state index in [2.05, 4.69) is 5.10 Å². The van der Waals surface area contributed by atoms with Crippen molar-refractivity contribution in [3.05, 3.63) is 82.9 Å². The van der Waals surface area contributed by atoms with Gasteiger partial charge in [-0.1, -0.05) is 39.0 Å². The Morgan fingerprint density at radius 1 is 1.00 bits per heavy atom. The molecule has 176 valence electrons. The van der Waals surface area contributed by atoms with Gasteiger partial charge in [0.2, 0.25) is 0 Å². The van der Waals surface area contributed by atoms with Crippen LogP contribution in [0.1, 0.15) is 48.1 Å². The number of benzene rings is 2. The molecule has 0 bridgehead atoms. The number of hydrogen-bond donors (Lipinski definition) is 0. The minimum Gasteiger partial charge on any atom is -0.291 e. The Balaban J connectivity index is 2.02. The molecule has 0 saturated heterocycles. The van der Waals surface area contributed by atoms with Crippen LogP contribution in [-0.4, -0.2) is 29.7 Å². The van der Waals surface area contributed by atoms with Gasteiger partial charge in [-0.05, 0) is 36.4 Å². The van der Waals surface area contributed by atoms with Crippen molar-refractivity contribution in [2.24, 2.45) is 0 Å². The summed E-state index contributed by atoms with van der Waals surface area (Å²) in [6.07, 6.45) is -4.68. The number of ketones is 1. The zero-order valence-corrected chi connectivity index (χ0v) is 19.0. The van der Waals surface area contributed by atoms with Crippen molar-refractivity contribution in [2.45, 2.75) is 43.8 Å². The SMILES string of the molecule is CC(C)(C)c1cc(C(=O)CS(=O)(=O)c2ccccc2)n(Cc2cc(C(F)(F)F)ccc2F)n1. The second-order valence-corrected chi connectivity index (χ2v) is 10.6. The molecular formula is C23H22F4N2O3S. The molecule has 33 heavy (non-hydrogen) atoms. The average Bonchev–Trinajstić information content (AvgIpc) is 3.14. The van der Waals surface area contributed by atoms with Gasteiger partial charge < -0.3 is 0 Å². The highest BCUT2D eigenvalue weighted by Gasteiger charge is 2.32. The molecule has 1 aromatic heterocycles. The summed E-state index contributed by atoms with van der Waals surface area (Å²) >= 11 is 0. The molecule has 0 spiro atoms. The molecule has 0 saturated carbocycles. The van der Waals surface area contributed by atoms with Crippen LogP contribution < -0.4 is 0 Å². The van der Waals surface area contributed by atoms with Gasteiger partial charge in [0.15, 0.2) is 15.6 Å². The fraction of sp³-hybridized carbons (Fsp3) is 0.304. The summed E-state index contributed by atoms with van der Waals surface area (Å²) in [6, 6.07) is 10.8. The summed E-state index contributed by atoms with van der Waals surface area (Å²) < 4.78 is 80.0. The molecule has 0 aliphatic heterocycles. The Kier molecular flexibility index (Phi) is 6.52. The molecule has 2 aromatic carbocycles. The number of rotatable bonds is 6. The van der Waals surface area contributed by atoms with Gasteiger partial charge in [0.1, 0.15) is 17.3 Å². The number of carbonyl (C=O) groups is 1. The van der Waals surface area contributed by atoms with Crippen molar-refractivity contribution < 1.29 is 30.8 Å². The number of aromatic nitrogens is 2. The van der Waals surface area contributed by atoms with Crippen molar-refractivity contribution in [2.75, 3.05) is 5.75 Å². The first-order chi connectivity index (χ1) is 15.2. The Labute approximate surface area is 189 Å². The van der Waals surface area contributed by atoms with Gasteiger partial charge in [-0.2, -0.15) is 18.3 Å². The van der Waals surface area contributed by atoms with E-state index in [1.807, 2.05) is 0 Å². The van der Waals surface area contributed by atoms with E-state index in [-0.39, 0.29) is 16.2 Å². The minimum absolute atomic E-state index is 0.0376. The van der Waals surface area contributed by atoms with E-state index in [1.165, 1.54) is 30.3 Å². The molecule has 0 fully saturated rings. The van der Waals surface area contributed by atoms with Crippen molar-refractivity contribution >= 4 is 15.6 Å². The quantitative estimate of drug-likeness (QED) is 0.365. The van der Waals surface area contributed by atoms with Gasteiger partial charge in [0, 0.05) is 11.0 Å². The summed E-state index contributed by atoms with van der Waals surface area (Å²) in [7, 11) is -3.97. The van der Waals surface area contributed by atoms with Crippen molar-refractivity contribution in [3.8, 4) is 0 Å². The van der Waals surface area contributed by atoms with Crippen LogP contribution in [0.5, 0.6) is 0 Å². The highest BCUT2D eigenvalue weighted by atomic mass is 32.2. The third-order valence-electron chi connectivity index (χ3n) is 4.95. The maximum absolute atomic E-state index is 14.3. The van der Waals surface area contributed by atoms with Crippen LogP contribution in [0.4, 0.5) is 17.6 Å². The molecule has 0 aliphatic rings. The van der Waals surface area contributed by atoms with Gasteiger partial charge in [-0.25, -0.2) is 12.8 Å². The molecule has 0 atom stereocenters. The van der Waals surface area contributed by atoms with Crippen LogP contribution in [0, 0.1) is 5.82 Å². The van der Waals surface area contributed by atoms with Crippen LogP contribution >= 0.6 is 0 Å². The first kappa shape index (κ1) is 24.6. The van der Waals surface area contributed by atoms with Crippen molar-refractivity contribution in [3.63, 3.8) is 0 Å². The molecule has 0 N–H and O–H groups in total. The normalized spacial score (nSPS) is 12.7. The van der Waals surface area contributed by atoms with Gasteiger partial charge >= 0.3 is 6.18 Å². The highest BCUT2D eigenvalue weighted by molar-refractivity contribution is 7.92. The fourth-order valence-electron chi connectivity index (χ4n) is 3.12. The smallest absolute Gasteiger partial charge is 0.291 e. The summed E-state index contributed by atoms with van der Waals surface area (Å²) in [5.74, 6) is -2.56. The van der Waals surface area contributed by atoms with E-state index in [0.717, 1.165) is 4.68 Å². The number of Topliss-reactive ketones (excluding diaryl/α,β-unsaturated/α-hetero) is 1. The molecule has 0 unspecified atom stereocenters. The predicted molar refractivity (Wildman–Crippen MR) is 114 cm³/mol. The Hall–Kier alpha value is -3.01. The summed E-state index contributed by atoms with van der Waals surface area (Å²) in [4.78, 5) is 12.9. The van der Waals surface area contributed by atoms with Gasteiger partial charge in [-0.3, -0.25) is 9.48 Å². The lowest BCUT2D eigenvalue weighted by Gasteiger charge is -2.14. The maximum Gasteiger partial charge on any atom is 0.416 e. The Bertz CT molecular complexity index is 1280. The van der Waals surface area contributed by atoms with Gasteiger partial charge in [0.25, 0.3) is 0 Å². The highest BCUT2D eigenvalue weighted by Crippen LogP contribution is 2.31. The average molecular weight is 482 g/mol. The number of halogens is 4. The Morgan fingerprint density at radius 2 is 1.64 bits per heavy atom. The number of sulfone groups is 1. The van der Waals surface area contributed by atoms with Gasteiger partial charge in [0.05, 0.1) is 22.7 Å². The van der Waals surface area contributed by atoms with E-state index in [4.69, 9.17) is 0 Å². The molecular weight excluding hydrogens is 460 g/mol. The van der Waals surface area contributed by atoms with Crippen LogP contribution in [-0.2, 0) is 28.0 Å². The van der Waals surface area contributed by atoms with E-state index in [0.29, 0.717) is 23.9 Å². The van der Waals surface area contributed by atoms with E-state index < -0.39 is 50.9 Å². The lowest BCUT2D eigenvalue weighted by molar-refractivity contribution is -0.137. The summed E-state index contributed by atoms with van der Waals surface area (Å²) in [6.45, 7) is 4.94. The molecule has 0 amide bonds.